The van der Waals surface area contributed by atoms with Crippen molar-refractivity contribution >= 4 is 0 Å². The average molecular weight is 115 g/mol. The van der Waals surface area contributed by atoms with Crippen LogP contribution in [0.1, 0.15) is 13.3 Å². The molecule has 2 nitrogen and oxygen atoms in total. The first-order chi connectivity index (χ1) is 3.75. The highest BCUT2D eigenvalue weighted by Crippen LogP contribution is 2.41. The van der Waals surface area contributed by atoms with Crippen LogP contribution in [0.2, 0.25) is 0 Å². The van der Waals surface area contributed by atoms with E-state index in [9.17, 15) is 0 Å². The van der Waals surface area contributed by atoms with Crippen LogP contribution in [0.25, 0.3) is 0 Å². The van der Waals surface area contributed by atoms with E-state index in [1.165, 1.54) is 0 Å². The maximum atomic E-state index is 8.76. The standard InChI is InChI=1S/C6H13NO/c1-5-3-6(5,4-8)7-2/h5,7-8H,3-4H2,1-2H3/t5-,6+/m1/s1. The Balaban J connectivity index is 2.39. The lowest BCUT2D eigenvalue weighted by molar-refractivity contribution is 0.228. The molecule has 0 radical (unpaired) electrons. The lowest BCUT2D eigenvalue weighted by atomic mass is 10.2. The molecular weight excluding hydrogens is 102 g/mol. The SMILES string of the molecule is CN[C@]1(CO)C[C@H]1C. The van der Waals surface area contributed by atoms with Gasteiger partial charge in [0.05, 0.1) is 6.61 Å². The van der Waals surface area contributed by atoms with Gasteiger partial charge in [0.1, 0.15) is 0 Å². The molecule has 2 heteroatoms. The van der Waals surface area contributed by atoms with Gasteiger partial charge in [0.25, 0.3) is 0 Å². The van der Waals surface area contributed by atoms with Crippen molar-refractivity contribution in [2.75, 3.05) is 13.7 Å². The van der Waals surface area contributed by atoms with Crippen LogP contribution in [-0.2, 0) is 0 Å². The van der Waals surface area contributed by atoms with E-state index in [0.717, 1.165) is 6.42 Å². The molecule has 1 aliphatic carbocycles. The molecular formula is C6H13NO. The van der Waals surface area contributed by atoms with Gasteiger partial charge in [-0.2, -0.15) is 0 Å². The molecule has 0 heterocycles. The molecule has 0 aromatic rings. The third-order valence-electron chi connectivity index (χ3n) is 2.23. The van der Waals surface area contributed by atoms with Gasteiger partial charge < -0.3 is 10.4 Å². The highest BCUT2D eigenvalue weighted by Gasteiger charge is 2.49. The fourth-order valence-corrected chi connectivity index (χ4v) is 1.14. The first-order valence-electron chi connectivity index (χ1n) is 3.05. The van der Waals surface area contributed by atoms with Crippen molar-refractivity contribution in [3.05, 3.63) is 0 Å². The van der Waals surface area contributed by atoms with Crippen molar-refractivity contribution in [2.45, 2.75) is 18.9 Å². The van der Waals surface area contributed by atoms with Gasteiger partial charge in [-0.05, 0) is 19.4 Å². The zero-order valence-electron chi connectivity index (χ0n) is 5.44. The summed E-state index contributed by atoms with van der Waals surface area (Å²) in [5.74, 6) is 0.664. The number of aliphatic hydroxyl groups is 1. The van der Waals surface area contributed by atoms with E-state index in [-0.39, 0.29) is 12.1 Å². The third-order valence-corrected chi connectivity index (χ3v) is 2.23. The molecule has 0 aromatic carbocycles. The number of hydrogen-bond acceptors (Lipinski definition) is 2. The Bertz CT molecular complexity index is 83.0. The molecule has 8 heavy (non-hydrogen) atoms. The highest BCUT2D eigenvalue weighted by molar-refractivity contribution is 5.06. The van der Waals surface area contributed by atoms with E-state index in [1.54, 1.807) is 0 Å². The van der Waals surface area contributed by atoms with Crippen LogP contribution in [0.4, 0.5) is 0 Å². The van der Waals surface area contributed by atoms with Crippen LogP contribution in [0.15, 0.2) is 0 Å². The second-order valence-electron chi connectivity index (χ2n) is 2.67. The summed E-state index contributed by atoms with van der Waals surface area (Å²) in [6.45, 7) is 2.43. The Morgan fingerprint density at radius 3 is 2.38 bits per heavy atom. The van der Waals surface area contributed by atoms with E-state index in [2.05, 4.69) is 12.2 Å². The minimum Gasteiger partial charge on any atom is -0.394 e. The molecule has 1 rings (SSSR count). The van der Waals surface area contributed by atoms with Crippen LogP contribution < -0.4 is 5.32 Å². The topological polar surface area (TPSA) is 32.3 Å². The van der Waals surface area contributed by atoms with Crippen molar-refractivity contribution in [3.63, 3.8) is 0 Å². The largest absolute Gasteiger partial charge is 0.394 e. The fourth-order valence-electron chi connectivity index (χ4n) is 1.14. The fraction of sp³-hybridized carbons (Fsp3) is 1.00. The minimum absolute atomic E-state index is 0.0972. The molecule has 1 fully saturated rings. The maximum absolute atomic E-state index is 8.76. The summed E-state index contributed by atoms with van der Waals surface area (Å²) in [6, 6.07) is 0. The first-order valence-corrected chi connectivity index (χ1v) is 3.05. The molecule has 0 aromatic heterocycles. The van der Waals surface area contributed by atoms with E-state index in [0.29, 0.717) is 5.92 Å². The smallest absolute Gasteiger partial charge is 0.0615 e. The first kappa shape index (κ1) is 6.05. The van der Waals surface area contributed by atoms with Crippen LogP contribution in [0.3, 0.4) is 0 Å². The Morgan fingerprint density at radius 1 is 1.88 bits per heavy atom. The van der Waals surface area contributed by atoms with Crippen LogP contribution in [-0.4, -0.2) is 24.3 Å². The monoisotopic (exact) mass is 115 g/mol. The number of nitrogens with one attached hydrogen (secondary N) is 1. The zero-order valence-corrected chi connectivity index (χ0v) is 5.44. The normalized spacial score (nSPS) is 44.6. The Morgan fingerprint density at radius 2 is 2.38 bits per heavy atom. The molecule has 48 valence electrons. The molecule has 0 aliphatic heterocycles. The molecule has 0 unspecified atom stereocenters. The summed E-state index contributed by atoms with van der Waals surface area (Å²) in [5.41, 5.74) is 0.0972. The van der Waals surface area contributed by atoms with Crippen molar-refractivity contribution in [3.8, 4) is 0 Å². The molecule has 2 atom stereocenters. The summed E-state index contributed by atoms with van der Waals surface area (Å²) >= 11 is 0. The molecule has 2 N–H and O–H groups in total. The Kier molecular flexibility index (Phi) is 1.29. The van der Waals surface area contributed by atoms with Crippen LogP contribution in [0, 0.1) is 5.92 Å². The van der Waals surface area contributed by atoms with E-state index >= 15 is 0 Å². The Labute approximate surface area is 49.9 Å². The average Bonchev–Trinajstić information content (AvgIpc) is 2.43. The van der Waals surface area contributed by atoms with E-state index < -0.39 is 0 Å². The summed E-state index contributed by atoms with van der Waals surface area (Å²) in [5, 5.41) is 11.9. The number of hydrogen-bond donors (Lipinski definition) is 2. The van der Waals surface area contributed by atoms with Gasteiger partial charge in [-0.1, -0.05) is 6.92 Å². The Hall–Kier alpha value is -0.0800. The van der Waals surface area contributed by atoms with Gasteiger partial charge >= 0.3 is 0 Å². The summed E-state index contributed by atoms with van der Waals surface area (Å²) < 4.78 is 0. The predicted molar refractivity (Wildman–Crippen MR) is 32.7 cm³/mol. The number of rotatable bonds is 2. The lowest BCUT2D eigenvalue weighted by Gasteiger charge is -2.09. The van der Waals surface area contributed by atoms with Gasteiger partial charge in [0.2, 0.25) is 0 Å². The van der Waals surface area contributed by atoms with Crippen molar-refractivity contribution < 1.29 is 5.11 Å². The quantitative estimate of drug-likeness (QED) is 0.530. The molecule has 0 spiro atoms. The predicted octanol–water partition coefficient (Wildman–Crippen LogP) is -0.0233. The molecule has 1 aliphatic rings. The molecule has 1 saturated carbocycles. The van der Waals surface area contributed by atoms with Gasteiger partial charge in [0, 0.05) is 5.54 Å². The van der Waals surface area contributed by atoms with Gasteiger partial charge in [-0.15, -0.1) is 0 Å². The second kappa shape index (κ2) is 1.71. The molecule has 0 amide bonds. The van der Waals surface area contributed by atoms with Crippen LogP contribution in [0.5, 0.6) is 0 Å². The third kappa shape index (κ3) is 0.644. The number of aliphatic hydroxyl groups excluding tert-OH is 1. The lowest BCUT2D eigenvalue weighted by Crippen LogP contribution is -2.33. The highest BCUT2D eigenvalue weighted by atomic mass is 16.3. The van der Waals surface area contributed by atoms with E-state index in [4.69, 9.17) is 5.11 Å². The van der Waals surface area contributed by atoms with Crippen molar-refractivity contribution in [2.24, 2.45) is 5.92 Å². The molecule has 0 saturated heterocycles. The second-order valence-corrected chi connectivity index (χ2v) is 2.67. The van der Waals surface area contributed by atoms with Crippen LogP contribution >= 0.6 is 0 Å². The summed E-state index contributed by atoms with van der Waals surface area (Å²) in [7, 11) is 1.90. The summed E-state index contributed by atoms with van der Waals surface area (Å²) in [6.07, 6.45) is 1.12. The van der Waals surface area contributed by atoms with Crippen molar-refractivity contribution in [1.29, 1.82) is 0 Å². The summed E-state index contributed by atoms with van der Waals surface area (Å²) in [4.78, 5) is 0. The minimum atomic E-state index is 0.0972. The van der Waals surface area contributed by atoms with Crippen molar-refractivity contribution in [1.82, 2.24) is 5.32 Å². The van der Waals surface area contributed by atoms with Gasteiger partial charge in [-0.3, -0.25) is 0 Å². The molecule has 0 bridgehead atoms. The number of likely N-dealkylation sites (N-methyl/N-ethyl adjacent to an activating group) is 1. The zero-order chi connectivity index (χ0) is 6.20. The van der Waals surface area contributed by atoms with Gasteiger partial charge in [-0.25, -0.2) is 0 Å². The maximum Gasteiger partial charge on any atom is 0.0615 e. The van der Waals surface area contributed by atoms with Gasteiger partial charge in [0.15, 0.2) is 0 Å². The van der Waals surface area contributed by atoms with E-state index in [1.807, 2.05) is 7.05 Å².